The summed E-state index contributed by atoms with van der Waals surface area (Å²) in [4.78, 5) is 23.7. The lowest BCUT2D eigenvalue weighted by Crippen LogP contribution is -3.15. The molecule has 2 heterocycles. The zero-order chi connectivity index (χ0) is 17.8. The Labute approximate surface area is 148 Å². The number of nitrogens with one attached hydrogen (secondary N) is 2. The number of aliphatic hydroxyl groups is 1. The summed E-state index contributed by atoms with van der Waals surface area (Å²) >= 11 is 0. The first-order valence-electron chi connectivity index (χ1n) is 8.91. The van der Waals surface area contributed by atoms with Gasteiger partial charge in [-0.3, -0.25) is 9.78 Å². The van der Waals surface area contributed by atoms with E-state index in [-0.39, 0.29) is 12.2 Å². The van der Waals surface area contributed by atoms with Gasteiger partial charge in [0.05, 0.1) is 38.5 Å². The Morgan fingerprint density at radius 1 is 1.20 bits per heavy atom. The van der Waals surface area contributed by atoms with Gasteiger partial charge in [0.25, 0.3) is 5.56 Å². The molecule has 25 heavy (non-hydrogen) atoms. The smallest absolute Gasteiger partial charge is 0.256 e. The zero-order valence-electron chi connectivity index (χ0n) is 15.0. The molecule has 1 saturated heterocycles. The van der Waals surface area contributed by atoms with Crippen molar-refractivity contribution in [3.05, 3.63) is 57.0 Å². The minimum absolute atomic E-state index is 0.0480. The summed E-state index contributed by atoms with van der Waals surface area (Å²) in [6.07, 6.45) is 0.600. The number of H-pyrrole nitrogens is 1. The van der Waals surface area contributed by atoms with E-state index in [9.17, 15) is 4.79 Å². The molecule has 3 N–H and O–H groups in total. The molecule has 2 aromatic rings. The van der Waals surface area contributed by atoms with Crippen molar-refractivity contribution in [3.8, 4) is 0 Å². The Morgan fingerprint density at radius 2 is 1.88 bits per heavy atom. The van der Waals surface area contributed by atoms with Crippen molar-refractivity contribution in [3.63, 3.8) is 0 Å². The van der Waals surface area contributed by atoms with Crippen LogP contribution in [0.3, 0.4) is 0 Å². The number of hydrogen-bond donors (Lipinski definition) is 3. The first-order valence-corrected chi connectivity index (χ1v) is 8.91. The molecule has 1 fully saturated rings. The van der Waals surface area contributed by atoms with E-state index in [0.29, 0.717) is 12.4 Å². The molecular formula is C19H27N4O2+. The predicted molar refractivity (Wildman–Crippen MR) is 98.4 cm³/mol. The molecule has 0 aliphatic carbocycles. The van der Waals surface area contributed by atoms with Crippen LogP contribution in [0.2, 0.25) is 0 Å². The summed E-state index contributed by atoms with van der Waals surface area (Å²) in [6.45, 7) is 8.56. The van der Waals surface area contributed by atoms with E-state index in [1.165, 1.54) is 10.5 Å². The first-order chi connectivity index (χ1) is 12.1. The maximum atomic E-state index is 12.6. The molecule has 1 aliphatic heterocycles. The van der Waals surface area contributed by atoms with E-state index in [1.807, 2.05) is 6.92 Å². The highest BCUT2D eigenvalue weighted by atomic mass is 16.3. The number of aromatic nitrogens is 2. The second kappa shape index (κ2) is 7.80. The summed E-state index contributed by atoms with van der Waals surface area (Å²) in [6, 6.07) is 8.25. The van der Waals surface area contributed by atoms with Crippen LogP contribution in [0.4, 0.5) is 5.95 Å². The van der Waals surface area contributed by atoms with Crippen molar-refractivity contribution in [1.29, 1.82) is 0 Å². The third kappa shape index (κ3) is 4.27. The average Bonchev–Trinajstić information content (AvgIpc) is 2.60. The number of aryl methyl sites for hydroxylation is 2. The van der Waals surface area contributed by atoms with Gasteiger partial charge in [0.1, 0.15) is 6.54 Å². The van der Waals surface area contributed by atoms with Crippen LogP contribution in [0, 0.1) is 13.8 Å². The van der Waals surface area contributed by atoms with Gasteiger partial charge in [-0.2, -0.15) is 0 Å². The number of aliphatic hydroxyl groups excluding tert-OH is 1. The Balaban J connectivity index is 1.74. The van der Waals surface area contributed by atoms with Crippen molar-refractivity contribution >= 4 is 5.95 Å². The molecule has 0 unspecified atom stereocenters. The van der Waals surface area contributed by atoms with Gasteiger partial charge in [-0.05, 0) is 19.4 Å². The van der Waals surface area contributed by atoms with Gasteiger partial charge >= 0.3 is 0 Å². The molecular weight excluding hydrogens is 316 g/mol. The third-order valence-electron chi connectivity index (χ3n) is 4.95. The number of hydrogen-bond acceptors (Lipinski definition) is 4. The van der Waals surface area contributed by atoms with Gasteiger partial charge in [-0.25, -0.2) is 4.98 Å². The average molecular weight is 343 g/mol. The molecule has 1 aliphatic rings. The van der Waals surface area contributed by atoms with Gasteiger partial charge in [0.2, 0.25) is 5.95 Å². The number of anilines is 1. The number of rotatable bonds is 5. The van der Waals surface area contributed by atoms with Crippen LogP contribution in [0.15, 0.2) is 29.1 Å². The maximum Gasteiger partial charge on any atom is 0.256 e. The molecule has 0 atom stereocenters. The van der Waals surface area contributed by atoms with Gasteiger partial charge in [0, 0.05) is 12.0 Å². The van der Waals surface area contributed by atoms with Gasteiger partial charge < -0.3 is 14.9 Å². The molecule has 6 nitrogen and oxygen atoms in total. The lowest BCUT2D eigenvalue weighted by Gasteiger charge is -2.32. The molecule has 6 heteroatoms. The van der Waals surface area contributed by atoms with Crippen molar-refractivity contribution in [2.75, 3.05) is 44.2 Å². The van der Waals surface area contributed by atoms with Crippen molar-refractivity contribution < 1.29 is 10.0 Å². The SMILES string of the molecule is Cc1ccc(Cc2c(C)nc(N3CC[NH+](CCO)CC3)[nH]c2=O)cc1. The summed E-state index contributed by atoms with van der Waals surface area (Å²) in [5.41, 5.74) is 3.81. The van der Waals surface area contributed by atoms with Crippen LogP contribution in [-0.2, 0) is 6.42 Å². The van der Waals surface area contributed by atoms with E-state index in [0.717, 1.165) is 49.5 Å². The quantitative estimate of drug-likeness (QED) is 0.695. The second-order valence-electron chi connectivity index (χ2n) is 6.83. The summed E-state index contributed by atoms with van der Waals surface area (Å²) in [5.74, 6) is 0.665. The van der Waals surface area contributed by atoms with Crippen LogP contribution < -0.4 is 15.4 Å². The first kappa shape index (κ1) is 17.6. The standard InChI is InChI=1S/C19H26N4O2/c1-14-3-5-16(6-4-14)13-17-15(2)20-19(21-18(17)25)23-9-7-22(8-10-23)11-12-24/h3-6,24H,7-13H2,1-2H3,(H,20,21,25)/p+1. The summed E-state index contributed by atoms with van der Waals surface area (Å²) in [5, 5.41) is 9.05. The van der Waals surface area contributed by atoms with Crippen LogP contribution in [0.25, 0.3) is 0 Å². The number of benzene rings is 1. The highest BCUT2D eigenvalue weighted by Gasteiger charge is 2.22. The number of nitrogens with zero attached hydrogens (tertiary/aromatic N) is 2. The minimum atomic E-state index is -0.0480. The summed E-state index contributed by atoms with van der Waals surface area (Å²) in [7, 11) is 0. The highest BCUT2D eigenvalue weighted by molar-refractivity contribution is 5.35. The number of quaternary nitrogens is 1. The second-order valence-corrected chi connectivity index (χ2v) is 6.83. The largest absolute Gasteiger partial charge is 0.391 e. The molecule has 0 amide bonds. The Morgan fingerprint density at radius 3 is 2.48 bits per heavy atom. The lowest BCUT2D eigenvalue weighted by molar-refractivity contribution is -0.900. The predicted octanol–water partition coefficient (Wildman–Crippen LogP) is -0.325. The van der Waals surface area contributed by atoms with E-state index < -0.39 is 0 Å². The lowest BCUT2D eigenvalue weighted by atomic mass is 10.0. The molecule has 134 valence electrons. The Hall–Kier alpha value is -2.18. The van der Waals surface area contributed by atoms with Crippen LogP contribution in [0.1, 0.15) is 22.4 Å². The van der Waals surface area contributed by atoms with Gasteiger partial charge in [-0.15, -0.1) is 0 Å². The fraction of sp³-hybridized carbons (Fsp3) is 0.474. The topological polar surface area (TPSA) is 73.7 Å². The Bertz CT molecular complexity index is 762. The zero-order valence-corrected chi connectivity index (χ0v) is 15.0. The minimum Gasteiger partial charge on any atom is -0.391 e. The molecule has 3 rings (SSSR count). The third-order valence-corrected chi connectivity index (χ3v) is 4.95. The Kier molecular flexibility index (Phi) is 5.50. The van der Waals surface area contributed by atoms with E-state index >= 15 is 0 Å². The fourth-order valence-corrected chi connectivity index (χ4v) is 3.31. The van der Waals surface area contributed by atoms with Crippen molar-refractivity contribution in [2.24, 2.45) is 0 Å². The van der Waals surface area contributed by atoms with Crippen LogP contribution in [-0.4, -0.2) is 54.4 Å². The monoisotopic (exact) mass is 343 g/mol. The van der Waals surface area contributed by atoms with Crippen LogP contribution in [0.5, 0.6) is 0 Å². The van der Waals surface area contributed by atoms with Crippen LogP contribution >= 0.6 is 0 Å². The molecule has 0 radical (unpaired) electrons. The number of piperazine rings is 1. The number of aromatic amines is 1. The molecule has 1 aromatic heterocycles. The molecule has 0 spiro atoms. The molecule has 0 bridgehead atoms. The van der Waals surface area contributed by atoms with E-state index in [1.54, 1.807) is 0 Å². The van der Waals surface area contributed by atoms with Gasteiger partial charge in [0.15, 0.2) is 0 Å². The summed E-state index contributed by atoms with van der Waals surface area (Å²) < 4.78 is 0. The molecule has 0 saturated carbocycles. The van der Waals surface area contributed by atoms with Gasteiger partial charge in [-0.1, -0.05) is 29.8 Å². The molecule has 1 aromatic carbocycles. The highest BCUT2D eigenvalue weighted by Crippen LogP contribution is 2.13. The van der Waals surface area contributed by atoms with E-state index in [2.05, 4.69) is 46.1 Å². The van der Waals surface area contributed by atoms with Crippen molar-refractivity contribution in [1.82, 2.24) is 9.97 Å². The fourth-order valence-electron chi connectivity index (χ4n) is 3.31. The normalized spacial score (nSPS) is 15.6. The maximum absolute atomic E-state index is 12.6. The van der Waals surface area contributed by atoms with Crippen molar-refractivity contribution in [2.45, 2.75) is 20.3 Å². The van der Waals surface area contributed by atoms with E-state index in [4.69, 9.17) is 5.11 Å².